The van der Waals surface area contributed by atoms with Crippen LogP contribution in [-0.2, 0) is 10.8 Å². The Morgan fingerprint density at radius 1 is 0.575 bits per heavy atom. The fourth-order valence-electron chi connectivity index (χ4n) is 5.45. The van der Waals surface area contributed by atoms with Crippen LogP contribution in [0, 0.1) is 6.92 Å². The van der Waals surface area contributed by atoms with Gasteiger partial charge in [-0.15, -0.1) is 11.3 Å². The minimum Gasteiger partial charge on any atom is -0.235 e. The summed E-state index contributed by atoms with van der Waals surface area (Å²) in [4.78, 5) is 5.29. The van der Waals surface area contributed by atoms with E-state index in [4.69, 9.17) is 4.98 Å². The van der Waals surface area contributed by atoms with E-state index in [9.17, 15) is 0 Å². The van der Waals surface area contributed by atoms with Crippen LogP contribution >= 0.6 is 11.3 Å². The van der Waals surface area contributed by atoms with Gasteiger partial charge in [-0.05, 0) is 74.0 Å². The third kappa shape index (κ3) is 4.86. The van der Waals surface area contributed by atoms with Crippen LogP contribution in [0.2, 0.25) is 0 Å². The molecule has 6 rings (SSSR count). The van der Waals surface area contributed by atoms with Crippen molar-refractivity contribution in [1.29, 1.82) is 0 Å². The standard InChI is InChI=1S/C38H37NS/c1-24-13-8-10-16-30(24)36-39-35-33(32-18-12-15-25-14-9-11-17-31(25)32)21-27(22-34(35)40-36)26-19-28(37(2,3)4)23-29(20-26)38(5,6)7/h8-23H,1-7H3. The lowest BCUT2D eigenvalue weighted by Crippen LogP contribution is -2.16. The molecule has 200 valence electrons. The van der Waals surface area contributed by atoms with Crippen molar-refractivity contribution in [3.05, 3.63) is 114 Å². The molecule has 40 heavy (non-hydrogen) atoms. The second kappa shape index (κ2) is 9.71. The van der Waals surface area contributed by atoms with Crippen LogP contribution in [0.3, 0.4) is 0 Å². The van der Waals surface area contributed by atoms with Crippen molar-refractivity contribution >= 4 is 32.3 Å². The Bertz CT molecular complexity index is 1840. The summed E-state index contributed by atoms with van der Waals surface area (Å²) in [6.07, 6.45) is 0. The molecule has 0 aliphatic carbocycles. The molecule has 0 fully saturated rings. The molecule has 1 nitrogen and oxygen atoms in total. The predicted molar refractivity (Wildman–Crippen MR) is 176 cm³/mol. The molecular weight excluding hydrogens is 502 g/mol. The molecule has 0 atom stereocenters. The molecule has 0 unspecified atom stereocenters. The molecule has 6 aromatic rings. The van der Waals surface area contributed by atoms with Crippen molar-refractivity contribution in [3.63, 3.8) is 0 Å². The highest BCUT2D eigenvalue weighted by atomic mass is 32.1. The van der Waals surface area contributed by atoms with Crippen LogP contribution in [0.15, 0.2) is 97.1 Å². The summed E-state index contributed by atoms with van der Waals surface area (Å²) in [5.41, 5.74) is 11.3. The van der Waals surface area contributed by atoms with Gasteiger partial charge in [0.2, 0.25) is 0 Å². The minimum atomic E-state index is 0.0566. The Morgan fingerprint density at radius 3 is 1.88 bits per heavy atom. The maximum absolute atomic E-state index is 5.29. The Labute approximate surface area is 242 Å². The third-order valence-corrected chi connectivity index (χ3v) is 8.98. The first kappa shape index (κ1) is 26.5. The summed E-state index contributed by atoms with van der Waals surface area (Å²) in [6, 6.07) is 35.8. The lowest BCUT2D eigenvalue weighted by molar-refractivity contribution is 0.569. The Hall–Kier alpha value is -3.75. The number of aromatic nitrogens is 1. The molecule has 0 saturated heterocycles. The molecule has 1 aromatic heterocycles. The number of benzene rings is 5. The van der Waals surface area contributed by atoms with Gasteiger partial charge in [0.15, 0.2) is 0 Å². The Balaban J connectivity index is 1.67. The number of hydrogen-bond donors (Lipinski definition) is 0. The smallest absolute Gasteiger partial charge is 0.124 e. The Kier molecular flexibility index (Phi) is 6.43. The van der Waals surface area contributed by atoms with E-state index in [0.29, 0.717) is 0 Å². The SMILES string of the molecule is Cc1ccccc1-c1nc2c(-c3cccc4ccccc34)cc(-c3cc(C(C)(C)C)cc(C(C)(C)C)c3)cc2s1. The molecule has 0 aliphatic heterocycles. The zero-order valence-corrected chi connectivity index (χ0v) is 25.4. The van der Waals surface area contributed by atoms with Gasteiger partial charge in [-0.2, -0.15) is 0 Å². The van der Waals surface area contributed by atoms with Crippen molar-refractivity contribution in [2.24, 2.45) is 0 Å². The largest absolute Gasteiger partial charge is 0.235 e. The van der Waals surface area contributed by atoms with Crippen LogP contribution in [0.4, 0.5) is 0 Å². The van der Waals surface area contributed by atoms with Gasteiger partial charge in [0, 0.05) is 11.1 Å². The van der Waals surface area contributed by atoms with Gasteiger partial charge in [-0.1, -0.05) is 126 Å². The molecule has 2 heteroatoms. The summed E-state index contributed by atoms with van der Waals surface area (Å²) in [5, 5.41) is 3.58. The second-order valence-corrected chi connectivity index (χ2v) is 14.1. The average molecular weight is 540 g/mol. The van der Waals surface area contributed by atoms with Crippen molar-refractivity contribution in [1.82, 2.24) is 4.98 Å². The molecule has 0 bridgehead atoms. The molecule has 0 saturated carbocycles. The number of thiazole rings is 1. The lowest BCUT2D eigenvalue weighted by atomic mass is 9.78. The normalized spacial score (nSPS) is 12.4. The highest BCUT2D eigenvalue weighted by molar-refractivity contribution is 7.21. The quantitative estimate of drug-likeness (QED) is 0.218. The summed E-state index contributed by atoms with van der Waals surface area (Å²) in [5.74, 6) is 0. The molecule has 1 heterocycles. The fraction of sp³-hybridized carbons (Fsp3) is 0.237. The number of aryl methyl sites for hydroxylation is 1. The summed E-state index contributed by atoms with van der Waals surface area (Å²) >= 11 is 1.80. The van der Waals surface area contributed by atoms with Crippen LogP contribution in [0.1, 0.15) is 58.2 Å². The van der Waals surface area contributed by atoms with Gasteiger partial charge in [0.25, 0.3) is 0 Å². The predicted octanol–water partition coefficient (Wildman–Crippen LogP) is 11.4. The number of rotatable bonds is 3. The molecule has 0 aliphatic rings. The maximum Gasteiger partial charge on any atom is 0.124 e. The zero-order valence-electron chi connectivity index (χ0n) is 24.6. The first-order valence-corrected chi connectivity index (χ1v) is 15.0. The summed E-state index contributed by atoms with van der Waals surface area (Å²) < 4.78 is 1.22. The van der Waals surface area contributed by atoms with E-state index in [1.54, 1.807) is 11.3 Å². The fourth-order valence-corrected chi connectivity index (χ4v) is 6.57. The molecular formula is C38H37NS. The molecule has 5 aromatic carbocycles. The lowest BCUT2D eigenvalue weighted by Gasteiger charge is -2.26. The van der Waals surface area contributed by atoms with E-state index in [2.05, 4.69) is 146 Å². The second-order valence-electron chi connectivity index (χ2n) is 13.0. The van der Waals surface area contributed by atoms with Crippen molar-refractivity contribution in [3.8, 4) is 32.8 Å². The average Bonchev–Trinajstić information content (AvgIpc) is 3.35. The first-order chi connectivity index (χ1) is 19.0. The van der Waals surface area contributed by atoms with Crippen LogP contribution < -0.4 is 0 Å². The third-order valence-electron chi connectivity index (χ3n) is 7.95. The number of hydrogen-bond acceptors (Lipinski definition) is 2. The van der Waals surface area contributed by atoms with Crippen molar-refractivity contribution in [2.75, 3.05) is 0 Å². The van der Waals surface area contributed by atoms with E-state index >= 15 is 0 Å². The van der Waals surface area contributed by atoms with E-state index in [0.717, 1.165) is 10.5 Å². The monoisotopic (exact) mass is 539 g/mol. The van der Waals surface area contributed by atoms with Crippen molar-refractivity contribution < 1.29 is 0 Å². The first-order valence-electron chi connectivity index (χ1n) is 14.1. The van der Waals surface area contributed by atoms with Crippen LogP contribution in [0.25, 0.3) is 53.8 Å². The van der Waals surface area contributed by atoms with Crippen LogP contribution in [0.5, 0.6) is 0 Å². The maximum atomic E-state index is 5.29. The topological polar surface area (TPSA) is 12.9 Å². The zero-order chi connectivity index (χ0) is 28.2. The molecule has 0 spiro atoms. The molecule has 0 amide bonds. The molecule has 0 radical (unpaired) electrons. The van der Waals surface area contributed by atoms with Gasteiger partial charge in [-0.25, -0.2) is 4.98 Å². The van der Waals surface area contributed by atoms with E-state index in [1.807, 2.05) is 0 Å². The van der Waals surface area contributed by atoms with Gasteiger partial charge in [0.1, 0.15) is 5.01 Å². The highest BCUT2D eigenvalue weighted by Gasteiger charge is 2.22. The number of nitrogens with zero attached hydrogens (tertiary/aromatic N) is 1. The van der Waals surface area contributed by atoms with Gasteiger partial charge in [-0.3, -0.25) is 0 Å². The van der Waals surface area contributed by atoms with E-state index in [1.165, 1.54) is 60.0 Å². The Morgan fingerprint density at radius 2 is 1.18 bits per heavy atom. The van der Waals surface area contributed by atoms with Gasteiger partial charge >= 0.3 is 0 Å². The van der Waals surface area contributed by atoms with Crippen LogP contribution in [-0.4, -0.2) is 4.98 Å². The molecule has 0 N–H and O–H groups in total. The highest BCUT2D eigenvalue weighted by Crippen LogP contribution is 2.43. The van der Waals surface area contributed by atoms with Gasteiger partial charge < -0.3 is 0 Å². The summed E-state index contributed by atoms with van der Waals surface area (Å²) in [7, 11) is 0. The minimum absolute atomic E-state index is 0.0566. The van der Waals surface area contributed by atoms with Gasteiger partial charge in [0.05, 0.1) is 10.2 Å². The van der Waals surface area contributed by atoms with Crippen molar-refractivity contribution in [2.45, 2.75) is 59.3 Å². The van der Waals surface area contributed by atoms with E-state index in [-0.39, 0.29) is 10.8 Å². The van der Waals surface area contributed by atoms with E-state index < -0.39 is 0 Å². The number of fused-ring (bicyclic) bond motifs is 2. The summed E-state index contributed by atoms with van der Waals surface area (Å²) in [6.45, 7) is 16.0.